The van der Waals surface area contributed by atoms with E-state index in [1.807, 2.05) is 19.2 Å². The number of piperidine rings is 1. The summed E-state index contributed by atoms with van der Waals surface area (Å²) in [5, 5.41) is 21.3. The minimum absolute atomic E-state index is 0.0647. The van der Waals surface area contributed by atoms with Crippen molar-refractivity contribution < 1.29 is 19.7 Å². The number of rotatable bonds is 1. The van der Waals surface area contributed by atoms with Gasteiger partial charge in [-0.2, -0.15) is 0 Å². The first-order chi connectivity index (χ1) is 11.0. The molecule has 0 radical (unpaired) electrons. The van der Waals surface area contributed by atoms with Crippen molar-refractivity contribution in [3.63, 3.8) is 0 Å². The summed E-state index contributed by atoms with van der Waals surface area (Å²) in [6, 6.07) is 3.83. The molecule has 1 fully saturated rings. The van der Waals surface area contributed by atoms with Crippen molar-refractivity contribution in [3.05, 3.63) is 41.0 Å². The Labute approximate surface area is 134 Å². The van der Waals surface area contributed by atoms with Crippen LogP contribution < -0.4 is 4.74 Å². The predicted molar refractivity (Wildman–Crippen MR) is 82.3 cm³/mol. The van der Waals surface area contributed by atoms with Crippen molar-refractivity contribution in [2.75, 3.05) is 13.6 Å². The van der Waals surface area contributed by atoms with Crippen LogP contribution in [0.3, 0.4) is 0 Å². The van der Waals surface area contributed by atoms with Crippen molar-refractivity contribution >= 4 is 5.78 Å². The van der Waals surface area contributed by atoms with E-state index in [1.165, 1.54) is 6.08 Å². The Morgan fingerprint density at radius 1 is 1.43 bits per heavy atom. The first-order valence-corrected chi connectivity index (χ1v) is 8.11. The van der Waals surface area contributed by atoms with Crippen molar-refractivity contribution in [1.29, 1.82) is 0 Å². The quantitative estimate of drug-likeness (QED) is 0.781. The second-order valence-electron chi connectivity index (χ2n) is 7.23. The lowest BCUT2D eigenvalue weighted by Gasteiger charge is -2.60. The molecule has 5 nitrogen and oxygen atoms in total. The van der Waals surface area contributed by atoms with Crippen molar-refractivity contribution in [1.82, 2.24) is 4.90 Å². The highest BCUT2D eigenvalue weighted by Crippen LogP contribution is 2.62. The van der Waals surface area contributed by atoms with E-state index in [9.17, 15) is 15.0 Å². The number of aliphatic hydroxyl groups excluding tert-OH is 1. The molecule has 2 bridgehead atoms. The van der Waals surface area contributed by atoms with Crippen LogP contribution in [0, 0.1) is 0 Å². The standard InChI is InChI=1S/C18H19NO4/c1-19-7-6-17-14-10-2-3-11(9-20)15(14)23-16(17)12(21)4-5-18(17,22)13(19)8-10/h2-5,13,16,20,22H,6-9H2,1H3/t13?,16-,17?,18+/m0/s1. The molecular weight excluding hydrogens is 294 g/mol. The molecule has 2 aliphatic heterocycles. The number of carbonyl (C=O) groups excluding carboxylic acids is 1. The van der Waals surface area contributed by atoms with Crippen molar-refractivity contribution in [2.45, 2.75) is 42.6 Å². The third-order valence-electron chi connectivity index (χ3n) is 6.41. The first kappa shape index (κ1) is 13.7. The zero-order valence-corrected chi connectivity index (χ0v) is 13.0. The summed E-state index contributed by atoms with van der Waals surface area (Å²) in [4.78, 5) is 14.7. The molecule has 1 saturated heterocycles. The topological polar surface area (TPSA) is 70.0 Å². The molecule has 23 heavy (non-hydrogen) atoms. The van der Waals surface area contributed by atoms with Crippen LogP contribution in [0.2, 0.25) is 0 Å². The van der Waals surface area contributed by atoms with Crippen LogP contribution in [-0.2, 0) is 23.2 Å². The van der Waals surface area contributed by atoms with Crippen molar-refractivity contribution in [2.24, 2.45) is 0 Å². The summed E-state index contributed by atoms with van der Waals surface area (Å²) < 4.78 is 6.07. The van der Waals surface area contributed by atoms with E-state index in [2.05, 4.69) is 4.90 Å². The molecule has 1 aromatic carbocycles. The fourth-order valence-corrected chi connectivity index (χ4v) is 5.32. The molecular formula is C18H19NO4. The van der Waals surface area contributed by atoms with Crippen LogP contribution in [0.1, 0.15) is 23.1 Å². The van der Waals surface area contributed by atoms with Gasteiger partial charge in [0.2, 0.25) is 0 Å². The molecule has 5 heteroatoms. The van der Waals surface area contributed by atoms with E-state index in [4.69, 9.17) is 4.74 Å². The van der Waals surface area contributed by atoms with Crippen LogP contribution in [0.25, 0.3) is 0 Å². The molecule has 120 valence electrons. The van der Waals surface area contributed by atoms with Crippen LogP contribution in [-0.4, -0.2) is 52.2 Å². The zero-order chi connectivity index (χ0) is 16.0. The Bertz CT molecular complexity index is 773. The van der Waals surface area contributed by atoms with Crippen LogP contribution in [0.4, 0.5) is 0 Å². The van der Waals surface area contributed by atoms with Gasteiger partial charge in [0.1, 0.15) is 11.4 Å². The molecule has 2 aliphatic carbocycles. The lowest BCUT2D eigenvalue weighted by molar-refractivity contribution is -0.151. The van der Waals surface area contributed by atoms with E-state index in [1.54, 1.807) is 6.08 Å². The zero-order valence-electron chi connectivity index (χ0n) is 13.0. The Hall–Kier alpha value is -1.69. The lowest BCUT2D eigenvalue weighted by Crippen LogP contribution is -2.74. The normalized spacial score (nSPS) is 40.0. The molecule has 2 heterocycles. The monoisotopic (exact) mass is 313 g/mol. The van der Waals surface area contributed by atoms with Gasteiger partial charge in [0, 0.05) is 17.2 Å². The molecule has 5 rings (SSSR count). The van der Waals surface area contributed by atoms with Gasteiger partial charge in [-0.05, 0) is 44.1 Å². The molecule has 0 saturated carbocycles. The fourth-order valence-electron chi connectivity index (χ4n) is 5.32. The molecule has 1 spiro atoms. The average Bonchev–Trinajstić information content (AvgIpc) is 2.90. The Morgan fingerprint density at radius 3 is 3.04 bits per heavy atom. The summed E-state index contributed by atoms with van der Waals surface area (Å²) in [5.41, 5.74) is 0.956. The molecule has 2 unspecified atom stereocenters. The van der Waals surface area contributed by atoms with Gasteiger partial charge in [-0.25, -0.2) is 0 Å². The number of likely N-dealkylation sites (N-methyl/N-ethyl adjacent to an activating group) is 1. The SMILES string of the molecule is CN1CCC23c4c5ccc(CO)c4O[C@H]2C(=O)C=C[C@@]3(O)C1C5. The van der Waals surface area contributed by atoms with Gasteiger partial charge in [0.15, 0.2) is 11.9 Å². The predicted octanol–water partition coefficient (Wildman–Crippen LogP) is 0.308. The molecule has 1 aromatic rings. The van der Waals surface area contributed by atoms with Crippen LogP contribution >= 0.6 is 0 Å². The maximum atomic E-state index is 12.5. The summed E-state index contributed by atoms with van der Waals surface area (Å²) in [7, 11) is 2.03. The minimum atomic E-state index is -1.11. The number of ketones is 1. The van der Waals surface area contributed by atoms with Crippen LogP contribution in [0.15, 0.2) is 24.3 Å². The number of carbonyl (C=O) groups is 1. The fraction of sp³-hybridized carbons (Fsp3) is 0.500. The molecule has 4 atom stereocenters. The van der Waals surface area contributed by atoms with E-state index in [0.717, 1.165) is 24.1 Å². The average molecular weight is 313 g/mol. The summed E-state index contributed by atoms with van der Waals surface area (Å²) in [6.07, 6.45) is 3.88. The highest BCUT2D eigenvalue weighted by molar-refractivity contribution is 5.98. The number of hydrogen-bond donors (Lipinski definition) is 2. The number of benzene rings is 1. The highest BCUT2D eigenvalue weighted by Gasteiger charge is 2.71. The molecule has 0 aromatic heterocycles. The third-order valence-corrected chi connectivity index (χ3v) is 6.41. The maximum Gasteiger partial charge on any atom is 0.196 e. The van der Waals surface area contributed by atoms with E-state index < -0.39 is 17.1 Å². The van der Waals surface area contributed by atoms with E-state index >= 15 is 0 Å². The largest absolute Gasteiger partial charge is 0.481 e. The maximum absolute atomic E-state index is 12.5. The van der Waals surface area contributed by atoms with Gasteiger partial charge < -0.3 is 14.9 Å². The number of ether oxygens (including phenoxy) is 1. The molecule has 0 amide bonds. The summed E-state index contributed by atoms with van der Waals surface area (Å²) >= 11 is 0. The van der Waals surface area contributed by atoms with Gasteiger partial charge in [0.25, 0.3) is 0 Å². The Kier molecular flexibility index (Phi) is 2.41. The lowest BCUT2D eigenvalue weighted by atomic mass is 9.51. The first-order valence-electron chi connectivity index (χ1n) is 8.11. The summed E-state index contributed by atoms with van der Waals surface area (Å²) in [6.45, 7) is 0.685. The Morgan fingerprint density at radius 2 is 2.26 bits per heavy atom. The van der Waals surface area contributed by atoms with E-state index in [-0.39, 0.29) is 18.4 Å². The number of likely N-dealkylation sites (tertiary alicyclic amines) is 1. The van der Waals surface area contributed by atoms with Crippen molar-refractivity contribution in [3.8, 4) is 5.75 Å². The molecule has 4 aliphatic rings. The number of nitrogens with zero attached hydrogens (tertiary/aromatic N) is 1. The minimum Gasteiger partial charge on any atom is -0.481 e. The second-order valence-corrected chi connectivity index (χ2v) is 7.23. The van der Waals surface area contributed by atoms with Crippen LogP contribution in [0.5, 0.6) is 5.75 Å². The number of hydrogen-bond acceptors (Lipinski definition) is 5. The highest BCUT2D eigenvalue weighted by atomic mass is 16.5. The summed E-state index contributed by atoms with van der Waals surface area (Å²) in [5.74, 6) is 0.527. The third kappa shape index (κ3) is 1.30. The van der Waals surface area contributed by atoms with Gasteiger partial charge >= 0.3 is 0 Å². The Balaban J connectivity index is 1.89. The molecule has 2 N–H and O–H groups in total. The van der Waals surface area contributed by atoms with Gasteiger partial charge in [-0.1, -0.05) is 12.1 Å². The van der Waals surface area contributed by atoms with E-state index in [0.29, 0.717) is 17.7 Å². The van der Waals surface area contributed by atoms with Gasteiger partial charge in [-0.15, -0.1) is 0 Å². The number of aliphatic hydroxyl groups is 2. The van der Waals surface area contributed by atoms with Gasteiger partial charge in [0.05, 0.1) is 12.0 Å². The van der Waals surface area contributed by atoms with Gasteiger partial charge in [-0.3, -0.25) is 9.69 Å². The second kappa shape index (κ2) is 4.04. The smallest absolute Gasteiger partial charge is 0.196 e.